The summed E-state index contributed by atoms with van der Waals surface area (Å²) in [5, 5.41) is 0.444. The van der Waals surface area contributed by atoms with E-state index in [9.17, 15) is 14.4 Å². The third-order valence-electron chi connectivity index (χ3n) is 4.21. The van der Waals surface area contributed by atoms with Crippen molar-refractivity contribution in [2.24, 2.45) is 0 Å². The van der Waals surface area contributed by atoms with Gasteiger partial charge in [-0.3, -0.25) is 14.2 Å². The Morgan fingerprint density at radius 2 is 1.74 bits per heavy atom. The highest BCUT2D eigenvalue weighted by atomic mass is 35.5. The highest BCUT2D eigenvalue weighted by Gasteiger charge is 2.21. The van der Waals surface area contributed by atoms with Crippen molar-refractivity contribution in [2.75, 3.05) is 11.4 Å². The quantitative estimate of drug-likeness (QED) is 0.736. The molecule has 2 aromatic carbocycles. The van der Waals surface area contributed by atoms with Crippen molar-refractivity contribution in [3.63, 3.8) is 0 Å². The number of carbonyl (C=O) groups excluding carboxylic acids is 1. The van der Waals surface area contributed by atoms with Crippen LogP contribution >= 0.6 is 11.6 Å². The van der Waals surface area contributed by atoms with Crippen LogP contribution in [0.1, 0.15) is 22.8 Å². The summed E-state index contributed by atoms with van der Waals surface area (Å²) in [6, 6.07) is 16.0. The molecule has 3 rings (SSSR count). The summed E-state index contributed by atoms with van der Waals surface area (Å²) < 4.78 is 0.979. The molecule has 0 atom stereocenters. The number of para-hydroxylation sites is 1. The lowest BCUT2D eigenvalue weighted by atomic mass is 10.2. The smallest absolute Gasteiger partial charge is 0.313 e. The Balaban J connectivity index is 2.02. The lowest BCUT2D eigenvalue weighted by molar-refractivity contribution is 0.0985. The number of aromatic amines is 1. The van der Waals surface area contributed by atoms with Crippen LogP contribution in [0.3, 0.4) is 0 Å². The minimum atomic E-state index is -0.655. The fourth-order valence-corrected chi connectivity index (χ4v) is 3.00. The molecule has 7 heteroatoms. The first-order chi connectivity index (χ1) is 13.0. The molecule has 138 valence electrons. The Kier molecular flexibility index (Phi) is 5.57. The van der Waals surface area contributed by atoms with Gasteiger partial charge < -0.3 is 9.88 Å². The molecule has 1 heterocycles. The molecule has 0 fully saturated rings. The molecule has 0 bridgehead atoms. The van der Waals surface area contributed by atoms with Crippen LogP contribution in [-0.2, 0) is 6.54 Å². The number of amides is 1. The van der Waals surface area contributed by atoms with E-state index in [-0.39, 0.29) is 12.1 Å². The van der Waals surface area contributed by atoms with E-state index in [0.29, 0.717) is 22.8 Å². The summed E-state index contributed by atoms with van der Waals surface area (Å²) in [7, 11) is 0. The number of nitrogens with zero attached hydrogens (tertiary/aromatic N) is 2. The molecule has 0 aliphatic heterocycles. The van der Waals surface area contributed by atoms with Gasteiger partial charge in [-0.25, -0.2) is 4.79 Å². The van der Waals surface area contributed by atoms with E-state index in [4.69, 9.17) is 11.6 Å². The molecule has 0 radical (unpaired) electrons. The van der Waals surface area contributed by atoms with Crippen LogP contribution in [0, 0.1) is 0 Å². The number of rotatable bonds is 5. The van der Waals surface area contributed by atoms with Crippen molar-refractivity contribution in [3.05, 3.63) is 97.8 Å². The summed E-state index contributed by atoms with van der Waals surface area (Å²) in [5.41, 5.74) is -0.0651. The zero-order chi connectivity index (χ0) is 19.4. The standard InChI is InChI=1S/C20H18ClN3O3/c1-2-23(15-9-4-3-5-10-15)18(25)16-12-22-20(27)24(19(16)26)13-14-8-6-7-11-17(14)21/h3-12H,2,13H2,1H3,(H,22,27). The highest BCUT2D eigenvalue weighted by Crippen LogP contribution is 2.16. The topological polar surface area (TPSA) is 75.2 Å². The molecule has 1 amide bonds. The SMILES string of the molecule is CCN(C(=O)c1c[nH]c(=O)n(Cc2ccccc2Cl)c1=O)c1ccccc1. The van der Waals surface area contributed by atoms with Crippen LogP contribution < -0.4 is 16.1 Å². The van der Waals surface area contributed by atoms with Gasteiger partial charge in [0, 0.05) is 23.5 Å². The third kappa shape index (κ3) is 3.85. The van der Waals surface area contributed by atoms with Gasteiger partial charge in [0.25, 0.3) is 11.5 Å². The predicted molar refractivity (Wildman–Crippen MR) is 106 cm³/mol. The summed E-state index contributed by atoms with van der Waals surface area (Å²) in [6.45, 7) is 2.18. The molecular formula is C20H18ClN3O3. The zero-order valence-electron chi connectivity index (χ0n) is 14.7. The first kappa shape index (κ1) is 18.7. The van der Waals surface area contributed by atoms with Crippen LogP contribution in [0.2, 0.25) is 5.02 Å². The molecule has 3 aromatic rings. The van der Waals surface area contributed by atoms with Gasteiger partial charge in [-0.1, -0.05) is 48.0 Å². The number of aromatic nitrogens is 2. The molecule has 0 aliphatic carbocycles. The van der Waals surface area contributed by atoms with Crippen LogP contribution in [0.4, 0.5) is 5.69 Å². The van der Waals surface area contributed by atoms with Gasteiger partial charge in [0.2, 0.25) is 0 Å². The van der Waals surface area contributed by atoms with Crippen LogP contribution in [-0.4, -0.2) is 22.0 Å². The predicted octanol–water partition coefficient (Wildman–Crippen LogP) is 2.91. The van der Waals surface area contributed by atoms with E-state index in [2.05, 4.69) is 4.98 Å². The first-order valence-corrected chi connectivity index (χ1v) is 8.83. The highest BCUT2D eigenvalue weighted by molar-refractivity contribution is 6.31. The number of anilines is 1. The number of halogens is 1. The van der Waals surface area contributed by atoms with E-state index < -0.39 is 17.2 Å². The number of hydrogen-bond acceptors (Lipinski definition) is 3. The second kappa shape index (κ2) is 8.05. The summed E-state index contributed by atoms with van der Waals surface area (Å²) in [6.07, 6.45) is 1.17. The van der Waals surface area contributed by atoms with Gasteiger partial charge in [0.1, 0.15) is 5.56 Å². The van der Waals surface area contributed by atoms with Gasteiger partial charge in [-0.05, 0) is 30.7 Å². The fourth-order valence-electron chi connectivity index (χ4n) is 2.80. The summed E-state index contributed by atoms with van der Waals surface area (Å²) in [5.74, 6) is -0.474. The van der Waals surface area contributed by atoms with Crippen molar-refractivity contribution in [3.8, 4) is 0 Å². The van der Waals surface area contributed by atoms with Crippen LogP contribution in [0.5, 0.6) is 0 Å². The van der Waals surface area contributed by atoms with Gasteiger partial charge >= 0.3 is 5.69 Å². The molecule has 0 spiro atoms. The Hall–Kier alpha value is -3.12. The Bertz CT molecular complexity index is 1070. The maximum absolute atomic E-state index is 12.9. The fraction of sp³-hybridized carbons (Fsp3) is 0.150. The molecule has 0 saturated heterocycles. The van der Waals surface area contributed by atoms with Crippen LogP contribution in [0.15, 0.2) is 70.4 Å². The molecule has 1 aromatic heterocycles. The van der Waals surface area contributed by atoms with Gasteiger partial charge in [0.05, 0.1) is 6.54 Å². The second-order valence-corrected chi connectivity index (χ2v) is 6.28. The number of hydrogen-bond donors (Lipinski definition) is 1. The molecule has 0 aliphatic rings. The number of carbonyl (C=O) groups is 1. The molecule has 0 saturated carbocycles. The van der Waals surface area contributed by atoms with E-state index in [1.54, 1.807) is 36.4 Å². The Morgan fingerprint density at radius 3 is 2.41 bits per heavy atom. The van der Waals surface area contributed by atoms with Crippen molar-refractivity contribution in [1.29, 1.82) is 0 Å². The molecule has 1 N–H and O–H groups in total. The third-order valence-corrected chi connectivity index (χ3v) is 4.58. The average Bonchev–Trinajstić information content (AvgIpc) is 2.68. The summed E-state index contributed by atoms with van der Waals surface area (Å²) in [4.78, 5) is 41.9. The Morgan fingerprint density at radius 1 is 1.07 bits per heavy atom. The lowest BCUT2D eigenvalue weighted by Gasteiger charge is -2.21. The maximum Gasteiger partial charge on any atom is 0.328 e. The molecule has 0 unspecified atom stereocenters. The van der Waals surface area contributed by atoms with Gasteiger partial charge in [-0.15, -0.1) is 0 Å². The molecule has 27 heavy (non-hydrogen) atoms. The molecular weight excluding hydrogens is 366 g/mol. The van der Waals surface area contributed by atoms with Crippen molar-refractivity contribution in [2.45, 2.75) is 13.5 Å². The second-order valence-electron chi connectivity index (χ2n) is 5.88. The maximum atomic E-state index is 12.9. The lowest BCUT2D eigenvalue weighted by Crippen LogP contribution is -2.42. The van der Waals surface area contributed by atoms with E-state index in [0.717, 1.165) is 4.57 Å². The number of benzene rings is 2. The Labute approximate surface area is 160 Å². The number of nitrogens with one attached hydrogen (secondary N) is 1. The van der Waals surface area contributed by atoms with E-state index in [1.807, 2.05) is 25.1 Å². The van der Waals surface area contributed by atoms with Crippen molar-refractivity contribution in [1.82, 2.24) is 9.55 Å². The largest absolute Gasteiger partial charge is 0.328 e. The zero-order valence-corrected chi connectivity index (χ0v) is 15.4. The average molecular weight is 384 g/mol. The molecule has 6 nitrogen and oxygen atoms in total. The minimum Gasteiger partial charge on any atom is -0.313 e. The van der Waals surface area contributed by atoms with Gasteiger partial charge in [-0.2, -0.15) is 0 Å². The number of H-pyrrole nitrogens is 1. The normalized spacial score (nSPS) is 10.6. The van der Waals surface area contributed by atoms with E-state index >= 15 is 0 Å². The first-order valence-electron chi connectivity index (χ1n) is 8.45. The van der Waals surface area contributed by atoms with Crippen molar-refractivity contribution >= 4 is 23.2 Å². The van der Waals surface area contributed by atoms with E-state index in [1.165, 1.54) is 11.1 Å². The van der Waals surface area contributed by atoms with Crippen LogP contribution in [0.25, 0.3) is 0 Å². The van der Waals surface area contributed by atoms with Gasteiger partial charge in [0.15, 0.2) is 0 Å². The van der Waals surface area contributed by atoms with Crippen molar-refractivity contribution < 1.29 is 4.79 Å². The minimum absolute atomic E-state index is 0.0214. The summed E-state index contributed by atoms with van der Waals surface area (Å²) >= 11 is 6.13. The monoisotopic (exact) mass is 383 g/mol.